The average Bonchev–Trinajstić information content (AvgIpc) is 2.99. The molecule has 0 radical (unpaired) electrons. The summed E-state index contributed by atoms with van der Waals surface area (Å²) in [4.78, 5) is 22.8. The van der Waals surface area contributed by atoms with Crippen LogP contribution in [0, 0.1) is 23.5 Å². The maximum Gasteiger partial charge on any atom is 0.237 e. The number of benzene rings is 1. The van der Waals surface area contributed by atoms with Gasteiger partial charge in [-0.1, -0.05) is 13.8 Å². The summed E-state index contributed by atoms with van der Waals surface area (Å²) in [6, 6.07) is 4.01. The van der Waals surface area contributed by atoms with Crippen molar-refractivity contribution in [2.24, 2.45) is 11.8 Å². The molecule has 12 heteroatoms. The summed E-state index contributed by atoms with van der Waals surface area (Å²) in [5, 5.41) is 0. The minimum absolute atomic E-state index is 0.0522. The molecule has 0 spiro atoms. The third-order valence-corrected chi connectivity index (χ3v) is 11.2. The largest absolute Gasteiger partial charge is 0.383 e. The number of sulfonamides is 1. The van der Waals surface area contributed by atoms with Crippen molar-refractivity contribution in [1.82, 2.24) is 23.9 Å². The van der Waals surface area contributed by atoms with E-state index in [1.807, 2.05) is 0 Å². The van der Waals surface area contributed by atoms with Crippen molar-refractivity contribution in [2.45, 2.75) is 57.9 Å². The number of piperidine rings is 2. The van der Waals surface area contributed by atoms with Gasteiger partial charge < -0.3 is 14.5 Å². The topological polar surface area (TPSA) is 76.6 Å². The predicted molar refractivity (Wildman–Crippen MR) is 174 cm³/mol. The van der Waals surface area contributed by atoms with Crippen LogP contribution in [0.4, 0.5) is 8.78 Å². The summed E-state index contributed by atoms with van der Waals surface area (Å²) in [6.45, 7) is 14.4. The zero-order valence-corrected chi connectivity index (χ0v) is 28.6. The van der Waals surface area contributed by atoms with Gasteiger partial charge in [0, 0.05) is 84.7 Å². The Morgan fingerprint density at radius 3 is 2.02 bits per heavy atom. The van der Waals surface area contributed by atoms with Crippen LogP contribution in [0.25, 0.3) is 0 Å². The molecule has 0 aromatic heterocycles. The molecule has 1 unspecified atom stereocenters. The number of methoxy groups -OCH3 is 1. The SMILES string of the molecule is COCCN1CCN(CC(=O)N(CC(C)C)C2CCN(CCC(c3cc(F)cc(F)c3)C3CCN(S(C)(=O)=O)CC3)CC2)CC1. The lowest BCUT2D eigenvalue weighted by Crippen LogP contribution is -2.54. The van der Waals surface area contributed by atoms with Crippen LogP contribution in [0.3, 0.4) is 0 Å². The van der Waals surface area contributed by atoms with Crippen LogP contribution < -0.4 is 0 Å². The van der Waals surface area contributed by atoms with Crippen LogP contribution in [0.1, 0.15) is 57.4 Å². The van der Waals surface area contributed by atoms with E-state index in [-0.39, 0.29) is 23.8 Å². The van der Waals surface area contributed by atoms with Gasteiger partial charge in [0.1, 0.15) is 11.6 Å². The number of hydrogen-bond acceptors (Lipinski definition) is 7. The maximum absolute atomic E-state index is 14.3. The standard InChI is InChI=1S/C33H55F2N5O4S/c1-26(2)24-40(33(41)25-38-17-15-37(16-18-38)19-20-44-3)31-7-10-36(11-8-31)12-9-32(28-21-29(34)23-30(35)22-28)27-5-13-39(14-6-27)45(4,42)43/h21-23,26-27,31-32H,5-20,24-25H2,1-4H3. The first-order valence-electron chi connectivity index (χ1n) is 16.8. The van der Waals surface area contributed by atoms with Gasteiger partial charge in [0.15, 0.2) is 0 Å². The van der Waals surface area contributed by atoms with E-state index in [2.05, 4.69) is 33.4 Å². The molecule has 45 heavy (non-hydrogen) atoms. The zero-order valence-electron chi connectivity index (χ0n) is 27.8. The number of carbonyl (C=O) groups is 1. The van der Waals surface area contributed by atoms with Gasteiger partial charge in [0.25, 0.3) is 0 Å². The molecule has 4 rings (SSSR count). The number of amides is 1. The molecule has 0 N–H and O–H groups in total. The lowest BCUT2D eigenvalue weighted by atomic mass is 9.78. The monoisotopic (exact) mass is 655 g/mol. The second-order valence-electron chi connectivity index (χ2n) is 13.7. The van der Waals surface area contributed by atoms with Crippen molar-refractivity contribution in [2.75, 3.05) is 98.5 Å². The van der Waals surface area contributed by atoms with Gasteiger partial charge in [0.2, 0.25) is 15.9 Å². The normalized spacial score (nSPS) is 21.4. The number of rotatable bonds is 14. The Hall–Kier alpha value is -1.70. The van der Waals surface area contributed by atoms with E-state index in [1.54, 1.807) is 7.11 Å². The van der Waals surface area contributed by atoms with Crippen molar-refractivity contribution in [3.05, 3.63) is 35.4 Å². The van der Waals surface area contributed by atoms with Crippen LogP contribution in [0.5, 0.6) is 0 Å². The molecule has 0 saturated carbocycles. The van der Waals surface area contributed by atoms with E-state index in [4.69, 9.17) is 4.74 Å². The lowest BCUT2D eigenvalue weighted by molar-refractivity contribution is -0.137. The highest BCUT2D eigenvalue weighted by Crippen LogP contribution is 2.37. The molecule has 0 bridgehead atoms. The Balaban J connectivity index is 1.32. The fourth-order valence-corrected chi connectivity index (χ4v) is 8.25. The Morgan fingerprint density at radius 1 is 0.889 bits per heavy atom. The van der Waals surface area contributed by atoms with Gasteiger partial charge in [-0.25, -0.2) is 21.5 Å². The summed E-state index contributed by atoms with van der Waals surface area (Å²) < 4.78 is 59.4. The number of carbonyl (C=O) groups excluding carboxylic acids is 1. The summed E-state index contributed by atoms with van der Waals surface area (Å²) >= 11 is 0. The molecular formula is C33H55F2N5O4S. The Morgan fingerprint density at radius 2 is 1.47 bits per heavy atom. The van der Waals surface area contributed by atoms with Crippen LogP contribution in [-0.4, -0.2) is 143 Å². The van der Waals surface area contributed by atoms with Crippen molar-refractivity contribution in [3.8, 4) is 0 Å². The number of halogens is 2. The minimum Gasteiger partial charge on any atom is -0.383 e. The second-order valence-corrected chi connectivity index (χ2v) is 15.7. The van der Waals surface area contributed by atoms with Crippen molar-refractivity contribution < 1.29 is 26.7 Å². The van der Waals surface area contributed by atoms with Gasteiger partial charge in [0.05, 0.1) is 19.4 Å². The third-order valence-electron chi connectivity index (χ3n) is 9.92. The van der Waals surface area contributed by atoms with Crippen LogP contribution >= 0.6 is 0 Å². The van der Waals surface area contributed by atoms with E-state index < -0.39 is 21.7 Å². The lowest BCUT2D eigenvalue weighted by Gasteiger charge is -2.41. The molecule has 1 amide bonds. The molecule has 3 heterocycles. The number of piperazine rings is 1. The smallest absolute Gasteiger partial charge is 0.237 e. The number of hydrogen-bond donors (Lipinski definition) is 0. The molecule has 1 aromatic carbocycles. The highest BCUT2D eigenvalue weighted by molar-refractivity contribution is 7.88. The molecule has 0 aliphatic carbocycles. The molecule has 9 nitrogen and oxygen atoms in total. The fourth-order valence-electron chi connectivity index (χ4n) is 7.37. The Bertz CT molecular complexity index is 1160. The van der Waals surface area contributed by atoms with Crippen LogP contribution in [0.2, 0.25) is 0 Å². The molecule has 1 atom stereocenters. The molecule has 3 aliphatic rings. The third kappa shape index (κ3) is 10.9. The maximum atomic E-state index is 14.3. The molecule has 3 aliphatic heterocycles. The Kier molecular flexibility index (Phi) is 13.6. The number of ether oxygens (including phenoxy) is 1. The summed E-state index contributed by atoms with van der Waals surface area (Å²) in [5.41, 5.74) is 0.661. The first kappa shape index (κ1) is 36.1. The van der Waals surface area contributed by atoms with Crippen molar-refractivity contribution in [3.63, 3.8) is 0 Å². The first-order valence-corrected chi connectivity index (χ1v) is 18.6. The van der Waals surface area contributed by atoms with Gasteiger partial charge >= 0.3 is 0 Å². The zero-order chi connectivity index (χ0) is 32.6. The molecular weight excluding hydrogens is 600 g/mol. The van der Waals surface area contributed by atoms with Crippen molar-refractivity contribution in [1.29, 1.82) is 0 Å². The van der Waals surface area contributed by atoms with E-state index in [0.717, 1.165) is 90.8 Å². The summed E-state index contributed by atoms with van der Waals surface area (Å²) in [7, 11) is -1.53. The van der Waals surface area contributed by atoms with Gasteiger partial charge in [-0.15, -0.1) is 0 Å². The number of nitrogens with zero attached hydrogens (tertiary/aromatic N) is 5. The van der Waals surface area contributed by atoms with E-state index in [0.29, 0.717) is 44.0 Å². The quantitative estimate of drug-likeness (QED) is 0.305. The number of likely N-dealkylation sites (tertiary alicyclic amines) is 1. The second kappa shape index (κ2) is 16.9. The van der Waals surface area contributed by atoms with Crippen molar-refractivity contribution >= 4 is 15.9 Å². The molecule has 1 aromatic rings. The van der Waals surface area contributed by atoms with E-state index >= 15 is 0 Å². The first-order chi connectivity index (χ1) is 21.4. The fraction of sp³-hybridized carbons (Fsp3) is 0.788. The minimum atomic E-state index is -3.25. The highest BCUT2D eigenvalue weighted by Gasteiger charge is 2.33. The summed E-state index contributed by atoms with van der Waals surface area (Å²) in [5.74, 6) is -0.438. The molecule has 256 valence electrons. The van der Waals surface area contributed by atoms with Crippen LogP contribution in [-0.2, 0) is 19.6 Å². The summed E-state index contributed by atoms with van der Waals surface area (Å²) in [6.07, 6.45) is 5.16. The van der Waals surface area contributed by atoms with Gasteiger partial charge in [-0.05, 0) is 74.1 Å². The molecule has 3 fully saturated rings. The van der Waals surface area contributed by atoms with Crippen LogP contribution in [0.15, 0.2) is 18.2 Å². The van der Waals surface area contributed by atoms with E-state index in [1.165, 1.54) is 22.7 Å². The van der Waals surface area contributed by atoms with Gasteiger partial charge in [-0.3, -0.25) is 14.6 Å². The van der Waals surface area contributed by atoms with Gasteiger partial charge in [-0.2, -0.15) is 0 Å². The van der Waals surface area contributed by atoms with E-state index in [9.17, 15) is 22.0 Å². The Labute approximate surface area is 269 Å². The predicted octanol–water partition coefficient (Wildman–Crippen LogP) is 3.32. The average molecular weight is 656 g/mol. The molecule has 3 saturated heterocycles. The highest BCUT2D eigenvalue weighted by atomic mass is 32.2.